The van der Waals surface area contributed by atoms with E-state index in [-0.39, 0.29) is 11.4 Å². The van der Waals surface area contributed by atoms with Gasteiger partial charge in [-0.2, -0.15) is 0 Å². The van der Waals surface area contributed by atoms with E-state index < -0.39 is 0 Å². The summed E-state index contributed by atoms with van der Waals surface area (Å²) in [5.74, 6) is 0. The molecule has 1 aliphatic heterocycles. The first-order valence-electron chi connectivity index (χ1n) is 4.52. The highest BCUT2D eigenvalue weighted by Gasteiger charge is 2.30. The minimum Gasteiger partial charge on any atom is -0.326 e. The first-order chi connectivity index (χ1) is 5.96. The molecule has 1 heterocycles. The maximum Gasteiger partial charge on any atom is 0.319 e. The Morgan fingerprint density at radius 2 is 2.08 bits per heavy atom. The maximum atomic E-state index is 11.5. The van der Waals surface area contributed by atoms with Gasteiger partial charge in [0, 0.05) is 32.0 Å². The SMILES string of the molecule is CN1CCN(CC(C)(C)CBr)C1=O. The van der Waals surface area contributed by atoms with Crippen molar-refractivity contribution in [2.24, 2.45) is 5.41 Å². The highest BCUT2D eigenvalue weighted by molar-refractivity contribution is 9.09. The average molecular weight is 249 g/mol. The second-order valence-electron chi connectivity index (χ2n) is 4.42. The third-order valence-corrected chi connectivity index (χ3v) is 3.80. The summed E-state index contributed by atoms with van der Waals surface area (Å²) < 4.78 is 0. The number of amides is 2. The molecule has 1 aliphatic rings. The van der Waals surface area contributed by atoms with Crippen molar-refractivity contribution < 1.29 is 4.79 Å². The number of carbonyl (C=O) groups excluding carboxylic acids is 1. The quantitative estimate of drug-likeness (QED) is 0.699. The molecule has 0 aromatic rings. The molecule has 0 aromatic carbocycles. The van der Waals surface area contributed by atoms with Crippen LogP contribution in [0.5, 0.6) is 0 Å². The zero-order chi connectivity index (χ0) is 10.1. The van der Waals surface area contributed by atoms with E-state index >= 15 is 0 Å². The molecular weight excluding hydrogens is 232 g/mol. The standard InChI is InChI=1S/C9H17BrN2O/c1-9(2,6-10)7-12-5-4-11(3)8(12)13/h4-7H2,1-3H3. The van der Waals surface area contributed by atoms with Crippen molar-refractivity contribution in [3.63, 3.8) is 0 Å². The van der Waals surface area contributed by atoms with Gasteiger partial charge in [0.15, 0.2) is 0 Å². The lowest BCUT2D eigenvalue weighted by molar-refractivity contribution is 0.182. The summed E-state index contributed by atoms with van der Waals surface area (Å²) in [5.41, 5.74) is 0.167. The van der Waals surface area contributed by atoms with Crippen LogP contribution in [0, 0.1) is 5.41 Å². The fourth-order valence-electron chi connectivity index (χ4n) is 1.41. The topological polar surface area (TPSA) is 23.6 Å². The Labute approximate surface area is 88.2 Å². The van der Waals surface area contributed by atoms with Gasteiger partial charge in [0.1, 0.15) is 0 Å². The molecule has 0 bridgehead atoms. The van der Waals surface area contributed by atoms with Crippen LogP contribution in [0.4, 0.5) is 4.79 Å². The Morgan fingerprint density at radius 3 is 2.46 bits per heavy atom. The van der Waals surface area contributed by atoms with Gasteiger partial charge in [0.05, 0.1) is 0 Å². The van der Waals surface area contributed by atoms with Gasteiger partial charge in [-0.25, -0.2) is 4.79 Å². The fraction of sp³-hybridized carbons (Fsp3) is 0.889. The van der Waals surface area contributed by atoms with Crippen LogP contribution in [0.25, 0.3) is 0 Å². The largest absolute Gasteiger partial charge is 0.326 e. The number of hydrogen-bond donors (Lipinski definition) is 0. The Morgan fingerprint density at radius 1 is 1.46 bits per heavy atom. The molecule has 2 amide bonds. The van der Waals surface area contributed by atoms with Crippen molar-refractivity contribution in [3.05, 3.63) is 0 Å². The lowest BCUT2D eigenvalue weighted by atomic mass is 9.96. The van der Waals surface area contributed by atoms with E-state index in [1.54, 1.807) is 4.90 Å². The Hall–Kier alpha value is -0.250. The van der Waals surface area contributed by atoms with Gasteiger partial charge in [-0.05, 0) is 5.41 Å². The first kappa shape index (κ1) is 10.8. The third-order valence-electron chi connectivity index (χ3n) is 2.28. The van der Waals surface area contributed by atoms with Crippen LogP contribution in [-0.4, -0.2) is 47.8 Å². The maximum absolute atomic E-state index is 11.5. The number of rotatable bonds is 3. The minimum atomic E-state index is 0.161. The van der Waals surface area contributed by atoms with Gasteiger partial charge in [0.2, 0.25) is 0 Å². The molecule has 0 spiro atoms. The van der Waals surface area contributed by atoms with Crippen LogP contribution in [0.15, 0.2) is 0 Å². The minimum absolute atomic E-state index is 0.161. The molecule has 76 valence electrons. The summed E-state index contributed by atoms with van der Waals surface area (Å²) in [6.07, 6.45) is 0. The summed E-state index contributed by atoms with van der Waals surface area (Å²) in [6, 6.07) is 0.161. The lowest BCUT2D eigenvalue weighted by Gasteiger charge is -2.27. The van der Waals surface area contributed by atoms with Gasteiger partial charge in [0.25, 0.3) is 0 Å². The average Bonchev–Trinajstić information content (AvgIpc) is 2.36. The summed E-state index contributed by atoms with van der Waals surface area (Å²) in [6.45, 7) is 6.88. The number of halogens is 1. The van der Waals surface area contributed by atoms with Crippen molar-refractivity contribution in [1.29, 1.82) is 0 Å². The zero-order valence-corrected chi connectivity index (χ0v) is 10.1. The van der Waals surface area contributed by atoms with Crippen molar-refractivity contribution in [1.82, 2.24) is 9.80 Å². The number of carbonyl (C=O) groups is 1. The Bertz CT molecular complexity index is 206. The van der Waals surface area contributed by atoms with Crippen LogP contribution in [0.2, 0.25) is 0 Å². The van der Waals surface area contributed by atoms with Gasteiger partial charge in [-0.1, -0.05) is 29.8 Å². The van der Waals surface area contributed by atoms with Gasteiger partial charge in [-0.3, -0.25) is 0 Å². The van der Waals surface area contributed by atoms with Crippen molar-refractivity contribution in [3.8, 4) is 0 Å². The predicted octanol–water partition coefficient (Wildman–Crippen LogP) is 1.77. The molecule has 1 rings (SSSR count). The van der Waals surface area contributed by atoms with E-state index in [4.69, 9.17) is 0 Å². The van der Waals surface area contributed by atoms with Gasteiger partial charge >= 0.3 is 6.03 Å². The molecule has 4 heteroatoms. The Balaban J connectivity index is 2.51. The highest BCUT2D eigenvalue weighted by atomic mass is 79.9. The van der Waals surface area contributed by atoms with Crippen molar-refractivity contribution in [2.75, 3.05) is 32.0 Å². The molecule has 3 nitrogen and oxygen atoms in total. The third kappa shape index (κ3) is 2.59. The second-order valence-corrected chi connectivity index (χ2v) is 4.98. The first-order valence-corrected chi connectivity index (χ1v) is 5.64. The van der Waals surface area contributed by atoms with Crippen molar-refractivity contribution >= 4 is 22.0 Å². The normalized spacial score (nSPS) is 18.6. The molecular formula is C9H17BrN2O. The number of nitrogens with zero attached hydrogens (tertiary/aromatic N) is 2. The molecule has 0 saturated carbocycles. The smallest absolute Gasteiger partial charge is 0.319 e. The van der Waals surface area contributed by atoms with E-state index in [1.165, 1.54) is 0 Å². The second kappa shape index (κ2) is 3.86. The molecule has 1 saturated heterocycles. The molecule has 0 radical (unpaired) electrons. The summed E-state index contributed by atoms with van der Waals surface area (Å²) >= 11 is 3.46. The van der Waals surface area contributed by atoms with Gasteiger partial charge < -0.3 is 9.80 Å². The number of hydrogen-bond acceptors (Lipinski definition) is 1. The monoisotopic (exact) mass is 248 g/mol. The molecule has 0 aromatic heterocycles. The van der Waals surface area contributed by atoms with Crippen LogP contribution < -0.4 is 0 Å². The molecule has 0 unspecified atom stereocenters. The summed E-state index contributed by atoms with van der Waals surface area (Å²) in [7, 11) is 1.85. The fourth-order valence-corrected chi connectivity index (χ4v) is 1.59. The molecule has 13 heavy (non-hydrogen) atoms. The number of alkyl halides is 1. The van der Waals surface area contributed by atoms with Crippen LogP contribution >= 0.6 is 15.9 Å². The van der Waals surface area contributed by atoms with Gasteiger partial charge in [-0.15, -0.1) is 0 Å². The Kier molecular flexibility index (Phi) is 3.22. The van der Waals surface area contributed by atoms with E-state index in [2.05, 4.69) is 29.8 Å². The number of likely N-dealkylation sites (N-methyl/N-ethyl adjacent to an activating group) is 1. The molecule has 0 aliphatic carbocycles. The molecule has 1 fully saturated rings. The lowest BCUT2D eigenvalue weighted by Crippen LogP contribution is -2.37. The molecule has 0 atom stereocenters. The summed E-state index contributed by atoms with van der Waals surface area (Å²) in [4.78, 5) is 15.2. The van der Waals surface area contributed by atoms with Crippen LogP contribution in [0.3, 0.4) is 0 Å². The van der Waals surface area contributed by atoms with E-state index in [0.29, 0.717) is 0 Å². The predicted molar refractivity (Wildman–Crippen MR) is 57.2 cm³/mol. The molecule has 0 N–H and O–H groups in total. The van der Waals surface area contributed by atoms with Crippen molar-refractivity contribution in [2.45, 2.75) is 13.8 Å². The van der Waals surface area contributed by atoms with E-state index in [9.17, 15) is 4.79 Å². The zero-order valence-electron chi connectivity index (χ0n) is 8.51. The van der Waals surface area contributed by atoms with Crippen LogP contribution in [0.1, 0.15) is 13.8 Å². The highest BCUT2D eigenvalue weighted by Crippen LogP contribution is 2.21. The number of urea groups is 1. The van der Waals surface area contributed by atoms with E-state index in [1.807, 2.05) is 11.9 Å². The van der Waals surface area contributed by atoms with Crippen LogP contribution in [-0.2, 0) is 0 Å². The summed E-state index contributed by atoms with van der Waals surface area (Å²) in [5, 5.41) is 0.924. The van der Waals surface area contributed by atoms with E-state index in [0.717, 1.165) is 25.0 Å².